The van der Waals surface area contributed by atoms with Gasteiger partial charge < -0.3 is 10.1 Å². The average Bonchev–Trinajstić information content (AvgIpc) is 2.88. The summed E-state index contributed by atoms with van der Waals surface area (Å²) in [5, 5.41) is 3.51. The van der Waals surface area contributed by atoms with E-state index < -0.39 is 0 Å². The van der Waals surface area contributed by atoms with Crippen LogP contribution in [-0.2, 0) is 6.42 Å². The van der Waals surface area contributed by atoms with Crippen LogP contribution >= 0.6 is 27.3 Å². The maximum Gasteiger partial charge on any atom is 0.133 e. The van der Waals surface area contributed by atoms with Gasteiger partial charge in [0, 0.05) is 15.4 Å². The highest BCUT2D eigenvalue weighted by atomic mass is 79.9. The van der Waals surface area contributed by atoms with Crippen LogP contribution < -0.4 is 10.1 Å². The number of benzene rings is 1. The van der Waals surface area contributed by atoms with Crippen LogP contribution in [0.5, 0.6) is 5.75 Å². The van der Waals surface area contributed by atoms with E-state index in [2.05, 4.69) is 47.2 Å². The third-order valence-electron chi connectivity index (χ3n) is 2.99. The number of ether oxygens (including phenoxy) is 1. The normalized spacial score (nSPS) is 12.2. The van der Waals surface area contributed by atoms with Gasteiger partial charge in [-0.2, -0.15) is 0 Å². The minimum atomic E-state index is 0.311. The molecule has 2 nitrogen and oxygen atoms in total. The lowest BCUT2D eigenvalue weighted by Gasteiger charge is -2.15. The molecule has 1 heterocycles. The van der Waals surface area contributed by atoms with E-state index in [1.165, 1.54) is 9.75 Å². The van der Waals surface area contributed by atoms with Crippen molar-refractivity contribution in [2.45, 2.75) is 26.3 Å². The first-order valence-corrected chi connectivity index (χ1v) is 7.93. The molecule has 0 amide bonds. The Kier molecular flexibility index (Phi) is 4.88. The van der Waals surface area contributed by atoms with E-state index in [0.29, 0.717) is 6.04 Å². The molecule has 0 aliphatic rings. The van der Waals surface area contributed by atoms with Gasteiger partial charge in [-0.3, -0.25) is 0 Å². The molecule has 1 aromatic carbocycles. The summed E-state index contributed by atoms with van der Waals surface area (Å²) in [5.74, 6) is 0.850. The number of nitrogens with one attached hydrogen (secondary N) is 1. The second-order valence-electron chi connectivity index (χ2n) is 4.37. The highest BCUT2D eigenvalue weighted by Crippen LogP contribution is 2.31. The van der Waals surface area contributed by atoms with E-state index in [1.54, 1.807) is 7.11 Å². The number of halogens is 1. The van der Waals surface area contributed by atoms with E-state index in [0.717, 1.165) is 22.3 Å². The molecule has 0 aliphatic carbocycles. The van der Waals surface area contributed by atoms with E-state index in [-0.39, 0.29) is 0 Å². The molecular weight excluding hydrogens is 322 g/mol. The highest BCUT2D eigenvalue weighted by Gasteiger charge is 2.09. The van der Waals surface area contributed by atoms with Gasteiger partial charge in [0.1, 0.15) is 5.75 Å². The van der Waals surface area contributed by atoms with Crippen molar-refractivity contribution < 1.29 is 4.74 Å². The molecule has 2 rings (SSSR count). The molecule has 102 valence electrons. The van der Waals surface area contributed by atoms with Crippen LogP contribution in [0.3, 0.4) is 0 Å². The smallest absolute Gasteiger partial charge is 0.133 e. The number of methoxy groups -OCH3 is 1. The third-order valence-corrected chi connectivity index (χ3v) is 5.02. The molecule has 2 aromatic rings. The zero-order valence-corrected chi connectivity index (χ0v) is 13.8. The Morgan fingerprint density at radius 3 is 2.68 bits per heavy atom. The maximum absolute atomic E-state index is 5.23. The average molecular weight is 340 g/mol. The minimum Gasteiger partial charge on any atom is -0.496 e. The van der Waals surface area contributed by atoms with Gasteiger partial charge >= 0.3 is 0 Å². The Hall–Kier alpha value is -1.000. The van der Waals surface area contributed by atoms with Crippen LogP contribution in [0, 0.1) is 0 Å². The molecule has 0 saturated carbocycles. The van der Waals surface area contributed by atoms with Gasteiger partial charge in [-0.1, -0.05) is 6.92 Å². The van der Waals surface area contributed by atoms with Gasteiger partial charge in [-0.15, -0.1) is 11.3 Å². The third kappa shape index (κ3) is 3.51. The van der Waals surface area contributed by atoms with E-state index in [1.807, 2.05) is 29.5 Å². The zero-order chi connectivity index (χ0) is 13.8. The number of rotatable bonds is 5. The number of anilines is 1. The molecular formula is C15H18BrNOS. The first-order chi connectivity index (χ1) is 9.13. The molecule has 0 radical (unpaired) electrons. The van der Waals surface area contributed by atoms with Gasteiger partial charge in [0.25, 0.3) is 0 Å². The Bertz CT molecular complexity index is 553. The SMILES string of the molecule is CCc1ccc(C(C)Nc2ccc(OC)c(Br)c2)s1. The fourth-order valence-electron chi connectivity index (χ4n) is 1.89. The van der Waals surface area contributed by atoms with Gasteiger partial charge in [0.15, 0.2) is 0 Å². The molecule has 4 heteroatoms. The molecule has 0 aliphatic heterocycles. The van der Waals surface area contributed by atoms with Crippen molar-refractivity contribution in [1.82, 2.24) is 0 Å². The van der Waals surface area contributed by atoms with Crippen molar-refractivity contribution >= 4 is 33.0 Å². The summed E-state index contributed by atoms with van der Waals surface area (Å²) in [6.45, 7) is 4.37. The molecule has 0 spiro atoms. The zero-order valence-electron chi connectivity index (χ0n) is 11.4. The molecule has 0 bridgehead atoms. The Morgan fingerprint density at radius 2 is 2.11 bits per heavy atom. The van der Waals surface area contributed by atoms with E-state index in [9.17, 15) is 0 Å². The van der Waals surface area contributed by atoms with Gasteiger partial charge in [-0.05, 0) is 59.6 Å². The summed E-state index contributed by atoms with van der Waals surface area (Å²) in [6.07, 6.45) is 1.10. The summed E-state index contributed by atoms with van der Waals surface area (Å²) in [4.78, 5) is 2.79. The number of hydrogen-bond acceptors (Lipinski definition) is 3. The fourth-order valence-corrected chi connectivity index (χ4v) is 3.39. The molecule has 0 fully saturated rings. The summed E-state index contributed by atoms with van der Waals surface area (Å²) in [7, 11) is 1.67. The van der Waals surface area contributed by atoms with E-state index in [4.69, 9.17) is 4.74 Å². The van der Waals surface area contributed by atoms with Crippen LogP contribution in [0.25, 0.3) is 0 Å². The predicted molar refractivity (Wildman–Crippen MR) is 86.4 cm³/mol. The number of aryl methyl sites for hydroxylation is 1. The summed E-state index contributed by atoms with van der Waals surface area (Å²) in [6, 6.07) is 10.8. The van der Waals surface area contributed by atoms with Crippen molar-refractivity contribution in [3.63, 3.8) is 0 Å². The lowest BCUT2D eigenvalue weighted by Crippen LogP contribution is -2.04. The molecule has 1 atom stereocenters. The largest absolute Gasteiger partial charge is 0.496 e. The highest BCUT2D eigenvalue weighted by molar-refractivity contribution is 9.10. The van der Waals surface area contributed by atoms with Crippen molar-refractivity contribution in [3.05, 3.63) is 44.6 Å². The standard InChI is InChI=1S/C15H18BrNOS/c1-4-12-6-8-15(19-12)10(2)17-11-5-7-14(18-3)13(16)9-11/h5-10,17H,4H2,1-3H3. The van der Waals surface area contributed by atoms with Crippen LogP contribution in [0.15, 0.2) is 34.8 Å². The van der Waals surface area contributed by atoms with Gasteiger partial charge in [0.2, 0.25) is 0 Å². The first-order valence-electron chi connectivity index (χ1n) is 6.32. The summed E-state index contributed by atoms with van der Waals surface area (Å²) < 4.78 is 6.20. The number of thiophene rings is 1. The first kappa shape index (κ1) is 14.4. The van der Waals surface area contributed by atoms with E-state index >= 15 is 0 Å². The lowest BCUT2D eigenvalue weighted by molar-refractivity contribution is 0.412. The summed E-state index contributed by atoms with van der Waals surface area (Å²) >= 11 is 5.38. The Balaban J connectivity index is 2.10. The molecule has 19 heavy (non-hydrogen) atoms. The minimum absolute atomic E-state index is 0.311. The van der Waals surface area contributed by atoms with Crippen molar-refractivity contribution in [2.75, 3.05) is 12.4 Å². The molecule has 1 aromatic heterocycles. The predicted octanol–water partition coefficient (Wildman–Crippen LogP) is 5.25. The molecule has 1 N–H and O–H groups in total. The van der Waals surface area contributed by atoms with Gasteiger partial charge in [0.05, 0.1) is 17.6 Å². The monoisotopic (exact) mass is 339 g/mol. The summed E-state index contributed by atoms with van der Waals surface area (Å²) in [5.41, 5.74) is 1.09. The number of hydrogen-bond donors (Lipinski definition) is 1. The van der Waals surface area contributed by atoms with Crippen LogP contribution in [0.4, 0.5) is 5.69 Å². The second-order valence-corrected chi connectivity index (χ2v) is 6.43. The topological polar surface area (TPSA) is 21.3 Å². The van der Waals surface area contributed by atoms with Crippen molar-refractivity contribution in [1.29, 1.82) is 0 Å². The molecule has 1 unspecified atom stereocenters. The fraction of sp³-hybridized carbons (Fsp3) is 0.333. The quantitative estimate of drug-likeness (QED) is 0.802. The van der Waals surface area contributed by atoms with Gasteiger partial charge in [-0.25, -0.2) is 0 Å². The van der Waals surface area contributed by atoms with Crippen LogP contribution in [0.1, 0.15) is 29.6 Å². The molecule has 0 saturated heterocycles. The Labute approximate surface area is 126 Å². The lowest BCUT2D eigenvalue weighted by atomic mass is 10.2. The second kappa shape index (κ2) is 6.44. The van der Waals surface area contributed by atoms with Crippen molar-refractivity contribution in [3.8, 4) is 5.75 Å². The van der Waals surface area contributed by atoms with Crippen LogP contribution in [0.2, 0.25) is 0 Å². The van der Waals surface area contributed by atoms with Crippen molar-refractivity contribution in [2.24, 2.45) is 0 Å². The van der Waals surface area contributed by atoms with Crippen LogP contribution in [-0.4, -0.2) is 7.11 Å². The maximum atomic E-state index is 5.23. The Morgan fingerprint density at radius 1 is 1.32 bits per heavy atom.